The van der Waals surface area contributed by atoms with E-state index in [4.69, 9.17) is 10.5 Å². The molecule has 1 heterocycles. The molecule has 1 aliphatic heterocycles. The van der Waals surface area contributed by atoms with E-state index in [1.807, 2.05) is 30.3 Å². The minimum absolute atomic E-state index is 0.445. The molecule has 2 aromatic rings. The molecule has 0 saturated heterocycles. The summed E-state index contributed by atoms with van der Waals surface area (Å²) in [7, 11) is 2.13. The molecule has 0 saturated carbocycles. The lowest BCUT2D eigenvalue weighted by atomic mass is 10.0. The van der Waals surface area contributed by atoms with Crippen LogP contribution in [0.4, 0.5) is 5.69 Å². The summed E-state index contributed by atoms with van der Waals surface area (Å²) in [6, 6.07) is 16.4. The number of likely N-dealkylation sites (N-methyl/N-ethyl adjacent to an activating group) is 1. The maximum Gasteiger partial charge on any atom is 0.122 e. The van der Waals surface area contributed by atoms with Gasteiger partial charge in [-0.05, 0) is 24.7 Å². The number of nitrogens with zero attached hydrogens (tertiary/aromatic N) is 1. The van der Waals surface area contributed by atoms with E-state index in [1.54, 1.807) is 0 Å². The third kappa shape index (κ3) is 2.63. The van der Waals surface area contributed by atoms with Crippen LogP contribution in [0.1, 0.15) is 17.0 Å². The van der Waals surface area contributed by atoms with Crippen molar-refractivity contribution in [3.63, 3.8) is 0 Å². The Morgan fingerprint density at radius 2 is 1.90 bits per heavy atom. The van der Waals surface area contributed by atoms with Crippen molar-refractivity contribution in [3.8, 4) is 5.75 Å². The van der Waals surface area contributed by atoms with Crippen LogP contribution in [0.25, 0.3) is 0 Å². The van der Waals surface area contributed by atoms with E-state index in [2.05, 4.69) is 30.1 Å². The Kier molecular flexibility index (Phi) is 3.61. The fourth-order valence-electron chi connectivity index (χ4n) is 2.79. The highest BCUT2D eigenvalue weighted by molar-refractivity contribution is 5.46. The van der Waals surface area contributed by atoms with Crippen LogP contribution in [0.2, 0.25) is 0 Å². The van der Waals surface area contributed by atoms with E-state index in [0.29, 0.717) is 5.92 Å². The molecule has 3 nitrogen and oxygen atoms in total. The molecule has 2 aromatic carbocycles. The SMILES string of the molecule is CN(Cc1ccccc1N)CC1COc2ccccc21. The van der Waals surface area contributed by atoms with E-state index >= 15 is 0 Å². The summed E-state index contributed by atoms with van der Waals surface area (Å²) >= 11 is 0. The molecule has 0 radical (unpaired) electrons. The minimum Gasteiger partial charge on any atom is -0.493 e. The summed E-state index contributed by atoms with van der Waals surface area (Å²) in [5, 5.41) is 0. The number of hydrogen-bond donors (Lipinski definition) is 1. The topological polar surface area (TPSA) is 38.5 Å². The first-order chi connectivity index (χ1) is 9.74. The van der Waals surface area contributed by atoms with E-state index in [-0.39, 0.29) is 0 Å². The zero-order valence-corrected chi connectivity index (χ0v) is 11.8. The molecule has 20 heavy (non-hydrogen) atoms. The molecular formula is C17H20N2O. The second kappa shape index (κ2) is 5.55. The summed E-state index contributed by atoms with van der Waals surface area (Å²) in [5.74, 6) is 1.48. The summed E-state index contributed by atoms with van der Waals surface area (Å²) in [5.41, 5.74) is 9.37. The van der Waals surface area contributed by atoms with Gasteiger partial charge in [-0.2, -0.15) is 0 Å². The van der Waals surface area contributed by atoms with Crippen LogP contribution in [0.15, 0.2) is 48.5 Å². The van der Waals surface area contributed by atoms with Gasteiger partial charge in [0.25, 0.3) is 0 Å². The molecule has 1 aliphatic rings. The Balaban J connectivity index is 1.66. The zero-order chi connectivity index (χ0) is 13.9. The normalized spacial score (nSPS) is 17.0. The van der Waals surface area contributed by atoms with Crippen molar-refractivity contribution >= 4 is 5.69 Å². The van der Waals surface area contributed by atoms with Gasteiger partial charge in [-0.1, -0.05) is 36.4 Å². The first-order valence-electron chi connectivity index (χ1n) is 6.97. The molecule has 2 N–H and O–H groups in total. The zero-order valence-electron chi connectivity index (χ0n) is 11.8. The van der Waals surface area contributed by atoms with E-state index < -0.39 is 0 Å². The number of nitrogens with two attached hydrogens (primary N) is 1. The first-order valence-corrected chi connectivity index (χ1v) is 6.97. The van der Waals surface area contributed by atoms with Gasteiger partial charge in [-0.3, -0.25) is 0 Å². The fourth-order valence-corrected chi connectivity index (χ4v) is 2.79. The second-order valence-corrected chi connectivity index (χ2v) is 5.44. The first kappa shape index (κ1) is 13.0. The number of nitrogen functional groups attached to an aromatic ring is 1. The number of para-hydroxylation sites is 2. The molecule has 1 unspecified atom stereocenters. The molecule has 0 aliphatic carbocycles. The van der Waals surface area contributed by atoms with Crippen molar-refractivity contribution in [2.75, 3.05) is 25.9 Å². The van der Waals surface area contributed by atoms with Crippen LogP contribution in [-0.4, -0.2) is 25.1 Å². The molecule has 104 valence electrons. The highest BCUT2D eigenvalue weighted by Gasteiger charge is 2.24. The Bertz CT molecular complexity index is 597. The van der Waals surface area contributed by atoms with E-state index in [0.717, 1.165) is 31.1 Å². The third-order valence-electron chi connectivity index (χ3n) is 3.83. The highest BCUT2D eigenvalue weighted by Crippen LogP contribution is 2.33. The van der Waals surface area contributed by atoms with Gasteiger partial charge >= 0.3 is 0 Å². The molecule has 3 heteroatoms. The van der Waals surface area contributed by atoms with Gasteiger partial charge in [0.05, 0.1) is 6.61 Å². The monoisotopic (exact) mass is 268 g/mol. The number of hydrogen-bond acceptors (Lipinski definition) is 3. The summed E-state index contributed by atoms with van der Waals surface area (Å²) in [6.07, 6.45) is 0. The second-order valence-electron chi connectivity index (χ2n) is 5.44. The number of anilines is 1. The van der Waals surface area contributed by atoms with Gasteiger partial charge in [0.2, 0.25) is 0 Å². The summed E-state index contributed by atoms with van der Waals surface area (Å²) in [6.45, 7) is 2.62. The van der Waals surface area contributed by atoms with Crippen molar-refractivity contribution < 1.29 is 4.74 Å². The average Bonchev–Trinajstić information content (AvgIpc) is 2.85. The van der Waals surface area contributed by atoms with Crippen LogP contribution in [0.3, 0.4) is 0 Å². The predicted octanol–water partition coefficient (Wildman–Crippen LogP) is 2.88. The Morgan fingerprint density at radius 1 is 1.15 bits per heavy atom. The largest absolute Gasteiger partial charge is 0.493 e. The van der Waals surface area contributed by atoms with Crippen LogP contribution in [-0.2, 0) is 6.54 Å². The van der Waals surface area contributed by atoms with Crippen molar-refractivity contribution in [2.24, 2.45) is 0 Å². The fraction of sp³-hybridized carbons (Fsp3) is 0.294. The van der Waals surface area contributed by atoms with Crippen LogP contribution in [0, 0.1) is 0 Å². The maximum atomic E-state index is 6.00. The van der Waals surface area contributed by atoms with Crippen molar-refractivity contribution in [2.45, 2.75) is 12.5 Å². The Hall–Kier alpha value is -2.00. The lowest BCUT2D eigenvalue weighted by Crippen LogP contribution is -2.25. The van der Waals surface area contributed by atoms with E-state index in [9.17, 15) is 0 Å². The van der Waals surface area contributed by atoms with Crippen molar-refractivity contribution in [3.05, 3.63) is 59.7 Å². The van der Waals surface area contributed by atoms with Crippen LogP contribution in [0.5, 0.6) is 5.75 Å². The number of ether oxygens (including phenoxy) is 1. The molecule has 0 fully saturated rings. The number of fused-ring (bicyclic) bond motifs is 1. The van der Waals surface area contributed by atoms with E-state index in [1.165, 1.54) is 11.1 Å². The highest BCUT2D eigenvalue weighted by atomic mass is 16.5. The summed E-state index contributed by atoms with van der Waals surface area (Å²) in [4.78, 5) is 2.31. The quantitative estimate of drug-likeness (QED) is 0.867. The van der Waals surface area contributed by atoms with Crippen LogP contribution >= 0.6 is 0 Å². The lowest BCUT2D eigenvalue weighted by Gasteiger charge is -2.21. The Morgan fingerprint density at radius 3 is 2.75 bits per heavy atom. The molecule has 0 spiro atoms. The molecular weight excluding hydrogens is 248 g/mol. The van der Waals surface area contributed by atoms with Gasteiger partial charge < -0.3 is 15.4 Å². The van der Waals surface area contributed by atoms with Crippen molar-refractivity contribution in [1.29, 1.82) is 0 Å². The number of rotatable bonds is 4. The molecule has 0 aromatic heterocycles. The molecule has 3 rings (SSSR count). The predicted molar refractivity (Wildman–Crippen MR) is 81.9 cm³/mol. The minimum atomic E-state index is 0.445. The standard InChI is InChI=1S/C17H20N2O/c1-19(10-13-6-2-4-8-16(13)18)11-14-12-20-17-9-5-3-7-15(14)17/h2-9,14H,10-12,18H2,1H3. The van der Waals surface area contributed by atoms with Gasteiger partial charge in [0, 0.05) is 30.3 Å². The van der Waals surface area contributed by atoms with Gasteiger partial charge in [0.15, 0.2) is 0 Å². The third-order valence-corrected chi connectivity index (χ3v) is 3.83. The van der Waals surface area contributed by atoms with Gasteiger partial charge in [-0.25, -0.2) is 0 Å². The molecule has 0 amide bonds. The lowest BCUT2D eigenvalue weighted by molar-refractivity contribution is 0.262. The van der Waals surface area contributed by atoms with Crippen LogP contribution < -0.4 is 10.5 Å². The van der Waals surface area contributed by atoms with Crippen molar-refractivity contribution in [1.82, 2.24) is 4.90 Å². The Labute approximate surface area is 120 Å². The van der Waals surface area contributed by atoms with Gasteiger partial charge in [-0.15, -0.1) is 0 Å². The maximum absolute atomic E-state index is 6.00. The smallest absolute Gasteiger partial charge is 0.122 e. The average molecular weight is 268 g/mol. The molecule has 0 bridgehead atoms. The van der Waals surface area contributed by atoms with Gasteiger partial charge in [0.1, 0.15) is 5.75 Å². The molecule has 1 atom stereocenters. The number of benzene rings is 2. The summed E-state index contributed by atoms with van der Waals surface area (Å²) < 4.78 is 5.73.